The van der Waals surface area contributed by atoms with E-state index in [-0.39, 0.29) is 22.4 Å². The molecule has 0 amide bonds. The summed E-state index contributed by atoms with van der Waals surface area (Å²) in [6.45, 7) is 3.31. The minimum absolute atomic E-state index is 0. The standard InChI is InChI=1S/C9H13O3P.Co/c1-8(2)13(10,11)12-9-6-4-3-5-7-9;/h3-8H,1-2H3,(H,10,11);. The number of benzene rings is 1. The number of hydrogen-bond acceptors (Lipinski definition) is 2. The fraction of sp³-hybridized carbons (Fsp3) is 0.333. The molecule has 1 unspecified atom stereocenters. The zero-order valence-corrected chi connectivity index (χ0v) is 9.94. The van der Waals surface area contributed by atoms with Crippen molar-refractivity contribution < 1.29 is 30.8 Å². The third-order valence-corrected chi connectivity index (χ3v) is 3.41. The molecule has 0 fully saturated rings. The Morgan fingerprint density at radius 2 is 1.79 bits per heavy atom. The molecule has 1 N–H and O–H groups in total. The monoisotopic (exact) mass is 259 g/mol. The molecule has 0 aromatic heterocycles. The van der Waals surface area contributed by atoms with E-state index in [2.05, 4.69) is 0 Å². The van der Waals surface area contributed by atoms with E-state index >= 15 is 0 Å². The van der Waals surface area contributed by atoms with E-state index in [1.54, 1.807) is 38.1 Å². The molecule has 1 aromatic carbocycles. The topological polar surface area (TPSA) is 46.5 Å². The van der Waals surface area contributed by atoms with E-state index in [1.165, 1.54) is 0 Å². The summed E-state index contributed by atoms with van der Waals surface area (Å²) < 4.78 is 16.4. The summed E-state index contributed by atoms with van der Waals surface area (Å²) in [6.07, 6.45) is 0. The van der Waals surface area contributed by atoms with Crippen molar-refractivity contribution >= 4 is 7.60 Å². The van der Waals surface area contributed by atoms with Gasteiger partial charge in [0.15, 0.2) is 0 Å². The normalized spacial score (nSPS) is 14.3. The molecule has 0 aliphatic heterocycles. The van der Waals surface area contributed by atoms with Crippen LogP contribution in [-0.4, -0.2) is 10.6 Å². The van der Waals surface area contributed by atoms with E-state index in [1.807, 2.05) is 6.07 Å². The Morgan fingerprint density at radius 3 is 2.21 bits per heavy atom. The van der Waals surface area contributed by atoms with Crippen molar-refractivity contribution in [2.45, 2.75) is 19.5 Å². The molecule has 0 saturated heterocycles. The van der Waals surface area contributed by atoms with Gasteiger partial charge >= 0.3 is 7.60 Å². The maximum atomic E-state index is 11.4. The van der Waals surface area contributed by atoms with Gasteiger partial charge in [-0.25, -0.2) is 4.57 Å². The fourth-order valence-electron chi connectivity index (χ4n) is 0.738. The van der Waals surface area contributed by atoms with Crippen LogP contribution in [-0.2, 0) is 21.3 Å². The van der Waals surface area contributed by atoms with Crippen molar-refractivity contribution in [2.24, 2.45) is 0 Å². The van der Waals surface area contributed by atoms with Gasteiger partial charge in [-0.1, -0.05) is 32.0 Å². The maximum absolute atomic E-state index is 11.4. The van der Waals surface area contributed by atoms with Crippen molar-refractivity contribution in [3.8, 4) is 5.75 Å². The Bertz CT molecular complexity index is 313. The molecule has 0 bridgehead atoms. The van der Waals surface area contributed by atoms with Gasteiger partial charge in [0.05, 0.1) is 5.66 Å². The summed E-state index contributed by atoms with van der Waals surface area (Å²) in [5, 5.41) is 0. The SMILES string of the molecule is CC(C)P(=O)(O)Oc1ccccc1.[Co]. The number of para-hydroxylation sites is 1. The number of hydrogen-bond donors (Lipinski definition) is 1. The third-order valence-electron chi connectivity index (χ3n) is 1.63. The van der Waals surface area contributed by atoms with E-state index in [4.69, 9.17) is 4.52 Å². The Hall–Kier alpha value is -0.284. The first kappa shape index (κ1) is 13.7. The average Bonchev–Trinajstić information content (AvgIpc) is 2.05. The number of rotatable bonds is 3. The molecule has 5 heteroatoms. The van der Waals surface area contributed by atoms with Crippen molar-refractivity contribution in [1.82, 2.24) is 0 Å². The molecule has 0 aliphatic carbocycles. The molecule has 3 nitrogen and oxygen atoms in total. The molecule has 0 heterocycles. The van der Waals surface area contributed by atoms with Crippen LogP contribution in [0.25, 0.3) is 0 Å². The summed E-state index contributed by atoms with van der Waals surface area (Å²) in [5.41, 5.74) is -0.382. The largest absolute Gasteiger partial charge is 0.424 e. The quantitative estimate of drug-likeness (QED) is 0.849. The van der Waals surface area contributed by atoms with Gasteiger partial charge in [-0.2, -0.15) is 0 Å². The van der Waals surface area contributed by atoms with Gasteiger partial charge < -0.3 is 9.42 Å². The molecular formula is C9H13CoO3P. The van der Waals surface area contributed by atoms with Gasteiger partial charge in [-0.05, 0) is 12.1 Å². The first-order valence-electron chi connectivity index (χ1n) is 4.09. The van der Waals surface area contributed by atoms with E-state index in [0.29, 0.717) is 5.75 Å². The molecule has 1 aromatic rings. The van der Waals surface area contributed by atoms with Crippen molar-refractivity contribution in [1.29, 1.82) is 0 Å². The van der Waals surface area contributed by atoms with Crippen molar-refractivity contribution in [3.63, 3.8) is 0 Å². The average molecular weight is 259 g/mol. The Labute approximate surface area is 94.2 Å². The third kappa shape index (κ3) is 3.84. The summed E-state index contributed by atoms with van der Waals surface area (Å²) >= 11 is 0. The first-order chi connectivity index (χ1) is 6.02. The summed E-state index contributed by atoms with van der Waals surface area (Å²) in [6, 6.07) is 8.66. The minimum Gasteiger partial charge on any atom is -0.424 e. The summed E-state index contributed by atoms with van der Waals surface area (Å²) in [5.74, 6) is 0.432. The molecule has 1 rings (SSSR count). The van der Waals surface area contributed by atoms with E-state index < -0.39 is 7.60 Å². The molecule has 0 saturated carbocycles. The Balaban J connectivity index is 0.00000169. The Morgan fingerprint density at radius 1 is 1.29 bits per heavy atom. The molecular weight excluding hydrogens is 246 g/mol. The molecule has 0 spiro atoms. The van der Waals surface area contributed by atoms with Gasteiger partial charge in [0.2, 0.25) is 0 Å². The minimum atomic E-state index is -3.49. The zero-order chi connectivity index (χ0) is 9.90. The Kier molecular flexibility index (Phi) is 5.45. The predicted molar refractivity (Wildman–Crippen MR) is 52.0 cm³/mol. The summed E-state index contributed by atoms with van der Waals surface area (Å²) in [4.78, 5) is 9.38. The second-order valence-corrected chi connectivity index (χ2v) is 5.41. The van der Waals surface area contributed by atoms with Gasteiger partial charge in [0.25, 0.3) is 0 Å². The molecule has 81 valence electrons. The fourth-order valence-corrected chi connectivity index (χ4v) is 1.37. The second kappa shape index (κ2) is 5.56. The van der Waals surface area contributed by atoms with Gasteiger partial charge in [0, 0.05) is 16.8 Å². The van der Waals surface area contributed by atoms with Crippen LogP contribution >= 0.6 is 7.60 Å². The van der Waals surface area contributed by atoms with Gasteiger partial charge in [0.1, 0.15) is 5.75 Å². The van der Waals surface area contributed by atoms with Gasteiger partial charge in [-0.3, -0.25) is 0 Å². The molecule has 0 aliphatic rings. The van der Waals surface area contributed by atoms with E-state index in [0.717, 1.165) is 0 Å². The van der Waals surface area contributed by atoms with Crippen LogP contribution in [0, 0.1) is 0 Å². The van der Waals surface area contributed by atoms with Crippen LogP contribution in [0.5, 0.6) is 5.75 Å². The van der Waals surface area contributed by atoms with Crippen molar-refractivity contribution in [2.75, 3.05) is 0 Å². The van der Waals surface area contributed by atoms with Crippen LogP contribution in [0.3, 0.4) is 0 Å². The zero-order valence-electron chi connectivity index (χ0n) is 8.01. The first-order valence-corrected chi connectivity index (χ1v) is 5.74. The smallest absolute Gasteiger partial charge is 0.379 e. The predicted octanol–water partition coefficient (Wildman–Crippen LogP) is 2.66. The van der Waals surface area contributed by atoms with Gasteiger partial charge in [-0.15, -0.1) is 0 Å². The van der Waals surface area contributed by atoms with E-state index in [9.17, 15) is 9.46 Å². The van der Waals surface area contributed by atoms with Crippen LogP contribution in [0.15, 0.2) is 30.3 Å². The van der Waals surface area contributed by atoms with Crippen LogP contribution in [0.1, 0.15) is 13.8 Å². The second-order valence-electron chi connectivity index (χ2n) is 3.06. The summed E-state index contributed by atoms with van der Waals surface area (Å²) in [7, 11) is -3.49. The van der Waals surface area contributed by atoms with Crippen LogP contribution in [0.4, 0.5) is 0 Å². The molecule has 1 atom stereocenters. The van der Waals surface area contributed by atoms with Crippen molar-refractivity contribution in [3.05, 3.63) is 30.3 Å². The maximum Gasteiger partial charge on any atom is 0.379 e. The molecule has 14 heavy (non-hydrogen) atoms. The van der Waals surface area contributed by atoms with Crippen LogP contribution < -0.4 is 4.52 Å². The van der Waals surface area contributed by atoms with Crippen LogP contribution in [0.2, 0.25) is 0 Å². The molecule has 1 radical (unpaired) electrons.